The monoisotopic (exact) mass is 246 g/mol. The van der Waals surface area contributed by atoms with Gasteiger partial charge in [0.15, 0.2) is 11.5 Å². The predicted octanol–water partition coefficient (Wildman–Crippen LogP) is 1.33. The van der Waals surface area contributed by atoms with Crippen LogP contribution in [0.1, 0.15) is 25.7 Å². The third-order valence-electron chi connectivity index (χ3n) is 2.20. The lowest BCUT2D eigenvalue weighted by Gasteiger charge is -2.06. The number of aromatic nitrogens is 3. The third-order valence-corrected chi connectivity index (χ3v) is 2.20. The second kappa shape index (κ2) is 4.79. The molecule has 1 amide bonds. The lowest BCUT2D eigenvalue weighted by Crippen LogP contribution is -2.16. The van der Waals surface area contributed by atoms with Crippen molar-refractivity contribution >= 4 is 17.5 Å². The minimum atomic E-state index is -2.52. The molecule has 0 unspecified atom stereocenters. The Balaban J connectivity index is 2.40. The Bertz CT molecular complexity index is 687. The normalized spacial score (nSPS) is 13.3. The zero-order valence-electron chi connectivity index (χ0n) is 12.6. The number of carbonyl (C=O) groups is 1. The van der Waals surface area contributed by atoms with Crippen LogP contribution in [-0.2, 0) is 0 Å². The molecule has 18 heavy (non-hydrogen) atoms. The molecule has 0 spiro atoms. The molecule has 6 heteroatoms. The highest BCUT2D eigenvalue weighted by molar-refractivity contribution is 5.92. The Morgan fingerprint density at radius 1 is 1.39 bits per heavy atom. The molecular formula is C12H13N5O. The molecule has 0 aromatic carbocycles. The maximum Gasteiger partial charge on any atom is 0.269 e. The standard InChI is InChI=1S/C12H13N5O/c1-7-3-4-14-9(5-7)15-10-6-8(2)11(12(13)18)17-16-10/h3-6H,1-2H3,(H2,13,18)(H,14,15,16)/i2D3. The molecule has 0 bridgehead atoms. The van der Waals surface area contributed by atoms with Crippen molar-refractivity contribution in [2.45, 2.75) is 13.8 Å². The highest BCUT2D eigenvalue weighted by atomic mass is 16.1. The summed E-state index contributed by atoms with van der Waals surface area (Å²) >= 11 is 0. The van der Waals surface area contributed by atoms with E-state index < -0.39 is 12.8 Å². The third kappa shape index (κ3) is 2.60. The summed E-state index contributed by atoms with van der Waals surface area (Å²) in [5.41, 5.74) is 5.47. The van der Waals surface area contributed by atoms with Crippen molar-refractivity contribution in [3.8, 4) is 0 Å². The molecule has 2 aromatic rings. The molecule has 2 rings (SSSR count). The van der Waals surface area contributed by atoms with Crippen molar-refractivity contribution < 1.29 is 8.91 Å². The Morgan fingerprint density at radius 3 is 2.89 bits per heavy atom. The topological polar surface area (TPSA) is 93.8 Å². The van der Waals surface area contributed by atoms with Gasteiger partial charge in [-0.15, -0.1) is 10.2 Å². The summed E-state index contributed by atoms with van der Waals surface area (Å²) in [6.45, 7) is -0.626. The van der Waals surface area contributed by atoms with E-state index in [2.05, 4.69) is 20.5 Å². The molecule has 0 saturated heterocycles. The molecule has 0 aliphatic rings. The number of primary amides is 1. The van der Waals surface area contributed by atoms with Gasteiger partial charge in [0.1, 0.15) is 5.82 Å². The molecule has 6 nitrogen and oxygen atoms in total. The molecule has 2 aromatic heterocycles. The maximum atomic E-state index is 11.2. The fourth-order valence-corrected chi connectivity index (χ4v) is 1.37. The average Bonchev–Trinajstić information content (AvgIpc) is 2.37. The number of hydrogen-bond acceptors (Lipinski definition) is 5. The molecule has 92 valence electrons. The zero-order chi connectivity index (χ0) is 15.6. The molecule has 0 fully saturated rings. The molecular weight excluding hydrogens is 230 g/mol. The van der Waals surface area contributed by atoms with Gasteiger partial charge < -0.3 is 11.1 Å². The van der Waals surface area contributed by atoms with E-state index in [-0.39, 0.29) is 17.1 Å². The highest BCUT2D eigenvalue weighted by Gasteiger charge is 2.08. The number of nitrogens with two attached hydrogens (primary N) is 1. The van der Waals surface area contributed by atoms with Gasteiger partial charge in [-0.3, -0.25) is 4.79 Å². The quantitative estimate of drug-likeness (QED) is 0.852. The van der Waals surface area contributed by atoms with E-state index in [1.807, 2.05) is 13.0 Å². The molecule has 0 aliphatic heterocycles. The SMILES string of the molecule is [2H]C([2H])([2H])c1cc(Nc2cc(C)ccn2)nnc1C(N)=O. The van der Waals surface area contributed by atoms with Gasteiger partial charge in [0.05, 0.1) is 0 Å². The van der Waals surface area contributed by atoms with Gasteiger partial charge in [0.25, 0.3) is 5.91 Å². The number of amides is 1. The van der Waals surface area contributed by atoms with E-state index in [4.69, 9.17) is 9.85 Å². The van der Waals surface area contributed by atoms with E-state index >= 15 is 0 Å². The summed E-state index contributed by atoms with van der Waals surface area (Å²) in [4.78, 5) is 15.3. The molecule has 2 heterocycles. The van der Waals surface area contributed by atoms with Gasteiger partial charge >= 0.3 is 0 Å². The Hall–Kier alpha value is -2.50. The van der Waals surface area contributed by atoms with Crippen molar-refractivity contribution in [1.82, 2.24) is 15.2 Å². The second-order valence-electron chi connectivity index (χ2n) is 3.70. The lowest BCUT2D eigenvalue weighted by molar-refractivity contribution is 0.0994. The second-order valence-corrected chi connectivity index (χ2v) is 3.70. The molecule has 3 N–H and O–H groups in total. The van der Waals surface area contributed by atoms with E-state index in [0.29, 0.717) is 5.82 Å². The summed E-state index contributed by atoms with van der Waals surface area (Å²) < 4.78 is 22.3. The van der Waals surface area contributed by atoms with Crippen LogP contribution in [0.3, 0.4) is 0 Å². The summed E-state index contributed by atoms with van der Waals surface area (Å²) in [5, 5.41) is 10.2. The van der Waals surface area contributed by atoms with Crippen LogP contribution in [0.4, 0.5) is 11.6 Å². The van der Waals surface area contributed by atoms with Crippen LogP contribution in [-0.4, -0.2) is 21.1 Å². The van der Waals surface area contributed by atoms with Crippen LogP contribution in [0.2, 0.25) is 0 Å². The first kappa shape index (κ1) is 8.57. The van der Waals surface area contributed by atoms with Gasteiger partial charge in [-0.25, -0.2) is 4.98 Å². The predicted molar refractivity (Wildman–Crippen MR) is 67.5 cm³/mol. The van der Waals surface area contributed by atoms with E-state index in [9.17, 15) is 4.79 Å². The number of anilines is 2. The van der Waals surface area contributed by atoms with Crippen molar-refractivity contribution in [2.75, 3.05) is 5.32 Å². The number of pyridine rings is 1. The van der Waals surface area contributed by atoms with Gasteiger partial charge in [-0.2, -0.15) is 0 Å². The van der Waals surface area contributed by atoms with E-state index in [0.717, 1.165) is 5.56 Å². The first-order valence-corrected chi connectivity index (χ1v) is 5.15. The number of nitrogens with zero attached hydrogens (tertiary/aromatic N) is 3. The highest BCUT2D eigenvalue weighted by Crippen LogP contribution is 2.14. The smallest absolute Gasteiger partial charge is 0.269 e. The largest absolute Gasteiger partial charge is 0.364 e. The molecule has 0 atom stereocenters. The van der Waals surface area contributed by atoms with Crippen LogP contribution < -0.4 is 11.1 Å². The van der Waals surface area contributed by atoms with Gasteiger partial charge in [-0.05, 0) is 43.1 Å². The van der Waals surface area contributed by atoms with Crippen LogP contribution in [0.25, 0.3) is 0 Å². The van der Waals surface area contributed by atoms with E-state index in [1.165, 1.54) is 6.07 Å². The van der Waals surface area contributed by atoms with Crippen LogP contribution in [0.5, 0.6) is 0 Å². The van der Waals surface area contributed by atoms with Gasteiger partial charge in [-0.1, -0.05) is 0 Å². The minimum absolute atomic E-state index is 0.171. The van der Waals surface area contributed by atoms with Crippen LogP contribution >= 0.6 is 0 Å². The Morgan fingerprint density at radius 2 is 2.22 bits per heavy atom. The van der Waals surface area contributed by atoms with Gasteiger partial charge in [0.2, 0.25) is 0 Å². The maximum absolute atomic E-state index is 11.2. The average molecular weight is 246 g/mol. The molecule has 0 aliphatic carbocycles. The van der Waals surface area contributed by atoms with Crippen molar-refractivity contribution in [3.05, 3.63) is 41.2 Å². The summed E-state index contributed by atoms with van der Waals surface area (Å²) in [6, 6.07) is 4.81. The van der Waals surface area contributed by atoms with Crippen molar-refractivity contribution in [3.63, 3.8) is 0 Å². The zero-order valence-corrected chi connectivity index (χ0v) is 9.64. The van der Waals surface area contributed by atoms with Crippen LogP contribution in [0, 0.1) is 13.8 Å². The number of nitrogens with one attached hydrogen (secondary N) is 1. The van der Waals surface area contributed by atoms with Crippen molar-refractivity contribution in [2.24, 2.45) is 5.73 Å². The van der Waals surface area contributed by atoms with Gasteiger partial charge in [0, 0.05) is 10.3 Å². The Kier molecular flexibility index (Phi) is 2.28. The number of aryl methyl sites for hydroxylation is 2. The summed E-state index contributed by atoms with van der Waals surface area (Å²) in [5.74, 6) is -0.273. The first-order valence-electron chi connectivity index (χ1n) is 6.65. The fraction of sp³-hybridized carbons (Fsp3) is 0.167. The number of rotatable bonds is 3. The number of carbonyl (C=O) groups excluding carboxylic acids is 1. The molecule has 0 radical (unpaired) electrons. The lowest BCUT2D eigenvalue weighted by atomic mass is 10.2. The summed E-state index contributed by atoms with van der Waals surface area (Å²) in [7, 11) is 0. The number of hydrogen-bond donors (Lipinski definition) is 2. The first-order chi connectivity index (χ1) is 9.77. The minimum Gasteiger partial charge on any atom is -0.364 e. The van der Waals surface area contributed by atoms with Crippen LogP contribution in [0.15, 0.2) is 24.4 Å². The van der Waals surface area contributed by atoms with E-state index in [1.54, 1.807) is 12.3 Å². The van der Waals surface area contributed by atoms with Crippen molar-refractivity contribution in [1.29, 1.82) is 0 Å². The molecule has 0 saturated carbocycles. The fourth-order valence-electron chi connectivity index (χ4n) is 1.37. The Labute approximate surface area is 108 Å². The summed E-state index contributed by atoms with van der Waals surface area (Å²) in [6.07, 6.45) is 1.60.